The molecule has 2 aromatic rings. The monoisotopic (exact) mass is 561 g/mol. The molecule has 0 aliphatic rings. The predicted molar refractivity (Wildman–Crippen MR) is 130 cm³/mol. The summed E-state index contributed by atoms with van der Waals surface area (Å²) >= 11 is 3.51. The number of nitrogens with zero attached hydrogens (tertiary/aromatic N) is 3. The fourth-order valence-electron chi connectivity index (χ4n) is 2.76. The fourth-order valence-corrected chi connectivity index (χ4v) is 3.33. The second kappa shape index (κ2) is 12.1. The van der Waals surface area contributed by atoms with Gasteiger partial charge in [-0.1, -0.05) is 19.1 Å². The van der Waals surface area contributed by atoms with Gasteiger partial charge in [0.2, 0.25) is 5.91 Å². The van der Waals surface area contributed by atoms with Gasteiger partial charge in [0.25, 0.3) is 0 Å². The summed E-state index contributed by atoms with van der Waals surface area (Å²) in [5, 5.41) is 6.28. The number of nitrogens with one attached hydrogen (secondary N) is 2. The number of hydrogen-bond acceptors (Lipinski definition) is 2. The molecule has 0 aliphatic heterocycles. The average Bonchev–Trinajstić information content (AvgIpc) is 2.94. The molecule has 0 radical (unpaired) electrons. The normalized spacial score (nSPS) is 11.0. The Morgan fingerprint density at radius 2 is 1.96 bits per heavy atom. The number of benzene rings is 1. The predicted octanol–water partition coefficient (Wildman–Crippen LogP) is 4.35. The first kappa shape index (κ1) is 24.5. The highest BCUT2D eigenvalue weighted by atomic mass is 127. The third-order valence-electron chi connectivity index (χ3n) is 4.21. The molecule has 6 nitrogen and oxygen atoms in total. The minimum Gasteiger partial charge on any atom is -0.352 e. The molecule has 0 unspecified atom stereocenters. The number of halogens is 2. The van der Waals surface area contributed by atoms with Gasteiger partial charge in [-0.3, -0.25) is 9.79 Å². The number of aliphatic imine (C=N–C) groups is 1. The molecule has 8 heteroatoms. The Balaban J connectivity index is 0.00000392. The second-order valence-corrected chi connectivity index (χ2v) is 7.43. The first-order valence-electron chi connectivity index (χ1n) is 9.04. The average molecular weight is 562 g/mol. The van der Waals surface area contributed by atoms with Crippen LogP contribution in [0.5, 0.6) is 0 Å². The summed E-state index contributed by atoms with van der Waals surface area (Å²) in [5.74, 6) is 0.880. The van der Waals surface area contributed by atoms with Crippen LogP contribution in [0.25, 0.3) is 0 Å². The SMILES string of the molecule is CCCC(=O)Nc1ccc(CNC(=NC)N(C)Cc2cc(Br)cn2C)cc1.I. The van der Waals surface area contributed by atoms with Crippen molar-refractivity contribution in [1.29, 1.82) is 0 Å². The fraction of sp³-hybridized carbons (Fsp3) is 0.400. The molecule has 154 valence electrons. The van der Waals surface area contributed by atoms with E-state index in [0.29, 0.717) is 13.0 Å². The van der Waals surface area contributed by atoms with Gasteiger partial charge in [-0.25, -0.2) is 0 Å². The largest absolute Gasteiger partial charge is 0.352 e. The Bertz CT molecular complexity index is 788. The van der Waals surface area contributed by atoms with Gasteiger partial charge in [-0.2, -0.15) is 0 Å². The number of anilines is 1. The molecular formula is C20H29BrIN5O. The molecule has 0 saturated carbocycles. The number of amides is 1. The van der Waals surface area contributed by atoms with Crippen molar-refractivity contribution in [2.45, 2.75) is 32.9 Å². The van der Waals surface area contributed by atoms with Crippen LogP contribution in [0.1, 0.15) is 31.0 Å². The van der Waals surface area contributed by atoms with E-state index in [1.807, 2.05) is 51.5 Å². The van der Waals surface area contributed by atoms with Crippen LogP contribution >= 0.6 is 39.9 Å². The number of aryl methyl sites for hydroxylation is 1. The standard InChI is InChI=1S/C20H28BrN5O.HI/c1-5-6-19(27)24-17-9-7-15(8-10-17)12-23-20(22-2)26(4)14-18-11-16(21)13-25(18)3;/h7-11,13H,5-6,12,14H2,1-4H3,(H,22,23)(H,24,27);1H. The van der Waals surface area contributed by atoms with Crippen LogP contribution in [0.4, 0.5) is 5.69 Å². The second-order valence-electron chi connectivity index (χ2n) is 6.51. The lowest BCUT2D eigenvalue weighted by molar-refractivity contribution is -0.116. The van der Waals surface area contributed by atoms with Gasteiger partial charge in [0.1, 0.15) is 0 Å². The van der Waals surface area contributed by atoms with E-state index < -0.39 is 0 Å². The van der Waals surface area contributed by atoms with Crippen molar-refractivity contribution in [2.75, 3.05) is 19.4 Å². The number of guanidine groups is 1. The van der Waals surface area contributed by atoms with Crippen molar-refractivity contribution >= 4 is 57.5 Å². The lowest BCUT2D eigenvalue weighted by Crippen LogP contribution is -2.38. The smallest absolute Gasteiger partial charge is 0.224 e. The quantitative estimate of drug-likeness (QED) is 0.300. The van der Waals surface area contributed by atoms with Gasteiger partial charge in [0.15, 0.2) is 5.96 Å². The first-order valence-corrected chi connectivity index (χ1v) is 9.83. The number of carbonyl (C=O) groups is 1. The third kappa shape index (κ3) is 7.46. The maximum Gasteiger partial charge on any atom is 0.224 e. The molecule has 0 bridgehead atoms. The van der Waals surface area contributed by atoms with Gasteiger partial charge in [-0.15, -0.1) is 24.0 Å². The van der Waals surface area contributed by atoms with Crippen LogP contribution in [0.2, 0.25) is 0 Å². The molecule has 2 rings (SSSR count). The van der Waals surface area contributed by atoms with Crippen LogP contribution in [-0.4, -0.2) is 35.4 Å². The summed E-state index contributed by atoms with van der Waals surface area (Å²) in [6.07, 6.45) is 3.43. The summed E-state index contributed by atoms with van der Waals surface area (Å²) in [5.41, 5.74) is 3.15. The molecule has 28 heavy (non-hydrogen) atoms. The minimum absolute atomic E-state index is 0. The topological polar surface area (TPSA) is 61.7 Å². The molecule has 0 fully saturated rings. The molecule has 0 atom stereocenters. The van der Waals surface area contributed by atoms with Crippen LogP contribution in [-0.2, 0) is 24.9 Å². The molecule has 0 spiro atoms. The van der Waals surface area contributed by atoms with E-state index in [2.05, 4.69) is 47.1 Å². The van der Waals surface area contributed by atoms with Crippen molar-refractivity contribution in [3.63, 3.8) is 0 Å². The van der Waals surface area contributed by atoms with E-state index in [4.69, 9.17) is 0 Å². The number of aromatic nitrogens is 1. The molecule has 1 aromatic heterocycles. The molecule has 0 aliphatic carbocycles. The highest BCUT2D eigenvalue weighted by Gasteiger charge is 2.10. The molecular weight excluding hydrogens is 533 g/mol. The van der Waals surface area contributed by atoms with Crippen LogP contribution in [0.3, 0.4) is 0 Å². The molecule has 0 saturated heterocycles. The van der Waals surface area contributed by atoms with E-state index in [0.717, 1.165) is 34.6 Å². The Kier molecular flexibility index (Phi) is 10.6. The van der Waals surface area contributed by atoms with Crippen molar-refractivity contribution in [3.05, 3.63) is 52.3 Å². The van der Waals surface area contributed by atoms with Crippen LogP contribution in [0, 0.1) is 0 Å². The summed E-state index contributed by atoms with van der Waals surface area (Å²) in [6.45, 7) is 3.41. The number of hydrogen-bond donors (Lipinski definition) is 2. The van der Waals surface area contributed by atoms with Gasteiger partial charge < -0.3 is 20.1 Å². The minimum atomic E-state index is 0. The Morgan fingerprint density at radius 3 is 2.50 bits per heavy atom. The van der Waals surface area contributed by atoms with Gasteiger partial charge >= 0.3 is 0 Å². The summed E-state index contributed by atoms with van der Waals surface area (Å²) in [6, 6.07) is 9.98. The van der Waals surface area contributed by atoms with Crippen molar-refractivity contribution in [1.82, 2.24) is 14.8 Å². The highest BCUT2D eigenvalue weighted by molar-refractivity contribution is 14.0. The molecule has 1 aromatic carbocycles. The highest BCUT2D eigenvalue weighted by Crippen LogP contribution is 2.15. The van der Waals surface area contributed by atoms with Crippen LogP contribution in [0.15, 0.2) is 46.0 Å². The Labute approximate surface area is 192 Å². The lowest BCUT2D eigenvalue weighted by Gasteiger charge is -2.22. The number of carbonyl (C=O) groups excluding carboxylic acids is 1. The summed E-state index contributed by atoms with van der Waals surface area (Å²) in [4.78, 5) is 18.1. The van der Waals surface area contributed by atoms with Crippen LogP contribution < -0.4 is 10.6 Å². The van der Waals surface area contributed by atoms with Crippen molar-refractivity contribution in [2.24, 2.45) is 12.0 Å². The number of rotatable bonds is 7. The van der Waals surface area contributed by atoms with Gasteiger partial charge in [0.05, 0.1) is 6.54 Å². The lowest BCUT2D eigenvalue weighted by atomic mass is 10.2. The van der Waals surface area contributed by atoms with Gasteiger partial charge in [-0.05, 0) is 46.1 Å². The van der Waals surface area contributed by atoms with Crippen molar-refractivity contribution < 1.29 is 4.79 Å². The van der Waals surface area contributed by atoms with E-state index in [1.165, 1.54) is 5.69 Å². The first-order chi connectivity index (χ1) is 12.9. The molecule has 1 amide bonds. The van der Waals surface area contributed by atoms with E-state index in [-0.39, 0.29) is 29.9 Å². The maximum absolute atomic E-state index is 11.7. The van der Waals surface area contributed by atoms with Gasteiger partial charge in [0, 0.05) is 56.2 Å². The maximum atomic E-state index is 11.7. The zero-order chi connectivity index (χ0) is 19.8. The summed E-state index contributed by atoms with van der Waals surface area (Å²) in [7, 11) is 5.83. The Morgan fingerprint density at radius 1 is 1.29 bits per heavy atom. The molecule has 2 N–H and O–H groups in total. The van der Waals surface area contributed by atoms with Crippen molar-refractivity contribution in [3.8, 4) is 0 Å². The summed E-state index contributed by atoms with van der Waals surface area (Å²) < 4.78 is 3.17. The Hall–Kier alpha value is -1.55. The third-order valence-corrected chi connectivity index (χ3v) is 4.65. The van der Waals surface area contributed by atoms with E-state index in [9.17, 15) is 4.79 Å². The van der Waals surface area contributed by atoms with E-state index in [1.54, 1.807) is 7.05 Å². The molecule has 1 heterocycles. The van der Waals surface area contributed by atoms with E-state index >= 15 is 0 Å². The zero-order valence-corrected chi connectivity index (χ0v) is 20.7. The zero-order valence-electron chi connectivity index (χ0n) is 16.8.